The smallest absolute Gasteiger partial charge is 0.309 e. The summed E-state index contributed by atoms with van der Waals surface area (Å²) in [6.07, 6.45) is -1.19. The second kappa shape index (κ2) is 4.26. The van der Waals surface area contributed by atoms with Crippen LogP contribution in [-0.2, 0) is 10.7 Å². The predicted octanol–water partition coefficient (Wildman–Crippen LogP) is 3.32. The fraction of sp³-hybridized carbons (Fsp3) is 0.300. The molecule has 0 saturated carbocycles. The monoisotopic (exact) mass is 278 g/mol. The van der Waals surface area contributed by atoms with Crippen molar-refractivity contribution in [3.05, 3.63) is 33.8 Å². The molecule has 0 aliphatic rings. The summed E-state index contributed by atoms with van der Waals surface area (Å²) in [5, 5.41) is 8.38. The van der Waals surface area contributed by atoms with Gasteiger partial charge in [0.1, 0.15) is 6.42 Å². The van der Waals surface area contributed by atoms with Crippen molar-refractivity contribution in [1.29, 1.82) is 0 Å². The van der Waals surface area contributed by atoms with Gasteiger partial charge in [-0.3, -0.25) is 4.79 Å². The normalized spacial score (nSPS) is 11.5. The number of halogens is 3. The molecular formula is C10H9BrF2O2. The Morgan fingerprint density at radius 1 is 1.53 bits per heavy atom. The number of hydrogen-bond acceptors (Lipinski definition) is 1. The Morgan fingerprint density at radius 2 is 2.13 bits per heavy atom. The van der Waals surface area contributed by atoms with Gasteiger partial charge in [0.25, 0.3) is 5.92 Å². The van der Waals surface area contributed by atoms with Crippen LogP contribution < -0.4 is 0 Å². The molecule has 0 saturated heterocycles. The second-order valence-electron chi connectivity index (χ2n) is 3.19. The average molecular weight is 279 g/mol. The Labute approximate surface area is 94.0 Å². The van der Waals surface area contributed by atoms with E-state index in [1.165, 1.54) is 19.1 Å². The molecular weight excluding hydrogens is 270 g/mol. The van der Waals surface area contributed by atoms with Crippen molar-refractivity contribution in [3.63, 3.8) is 0 Å². The molecule has 1 aromatic carbocycles. The Balaban J connectivity index is 3.14. The first-order valence-electron chi connectivity index (χ1n) is 4.20. The van der Waals surface area contributed by atoms with Crippen LogP contribution in [0.5, 0.6) is 0 Å². The van der Waals surface area contributed by atoms with Crippen LogP contribution in [0.2, 0.25) is 0 Å². The van der Waals surface area contributed by atoms with Crippen molar-refractivity contribution in [2.24, 2.45) is 0 Å². The van der Waals surface area contributed by atoms with Gasteiger partial charge in [-0.15, -0.1) is 0 Å². The van der Waals surface area contributed by atoms with E-state index < -0.39 is 18.3 Å². The lowest BCUT2D eigenvalue weighted by Gasteiger charge is -2.17. The van der Waals surface area contributed by atoms with Crippen molar-refractivity contribution in [2.45, 2.75) is 19.3 Å². The van der Waals surface area contributed by atoms with Gasteiger partial charge in [0, 0.05) is 10.0 Å². The molecule has 0 bridgehead atoms. The fourth-order valence-electron chi connectivity index (χ4n) is 1.29. The molecule has 0 atom stereocenters. The number of carbonyl (C=O) groups is 1. The minimum absolute atomic E-state index is 0.251. The Bertz CT molecular complexity index is 391. The van der Waals surface area contributed by atoms with Gasteiger partial charge in [0.15, 0.2) is 0 Å². The van der Waals surface area contributed by atoms with E-state index in [0.29, 0.717) is 10.0 Å². The van der Waals surface area contributed by atoms with E-state index in [4.69, 9.17) is 5.11 Å². The molecule has 0 aliphatic carbocycles. The highest BCUT2D eigenvalue weighted by Gasteiger charge is 2.36. The second-order valence-corrected chi connectivity index (χ2v) is 4.04. The van der Waals surface area contributed by atoms with Gasteiger partial charge in [-0.05, 0) is 18.6 Å². The molecule has 82 valence electrons. The third-order valence-corrected chi connectivity index (χ3v) is 2.89. The quantitative estimate of drug-likeness (QED) is 0.921. The summed E-state index contributed by atoms with van der Waals surface area (Å²) in [4.78, 5) is 10.3. The highest BCUT2D eigenvalue weighted by Crippen LogP contribution is 2.36. The lowest BCUT2D eigenvalue weighted by molar-refractivity contribution is -0.145. The summed E-state index contributed by atoms with van der Waals surface area (Å²) in [5.74, 6) is -4.85. The molecule has 0 radical (unpaired) electrons. The largest absolute Gasteiger partial charge is 0.481 e. The number of benzene rings is 1. The summed E-state index contributed by atoms with van der Waals surface area (Å²) in [5.41, 5.74) is 0.114. The van der Waals surface area contributed by atoms with E-state index in [1.54, 1.807) is 6.07 Å². The van der Waals surface area contributed by atoms with E-state index in [9.17, 15) is 13.6 Å². The van der Waals surface area contributed by atoms with Crippen molar-refractivity contribution >= 4 is 21.9 Å². The van der Waals surface area contributed by atoms with E-state index >= 15 is 0 Å². The van der Waals surface area contributed by atoms with Crippen molar-refractivity contribution in [1.82, 2.24) is 0 Å². The first kappa shape index (κ1) is 12.1. The van der Waals surface area contributed by atoms with Gasteiger partial charge in [0.05, 0.1) is 0 Å². The van der Waals surface area contributed by atoms with Crippen LogP contribution in [0.4, 0.5) is 8.78 Å². The van der Waals surface area contributed by atoms with Crippen LogP contribution in [0.1, 0.15) is 17.5 Å². The van der Waals surface area contributed by atoms with Crippen LogP contribution in [0, 0.1) is 6.92 Å². The Hall–Kier alpha value is -0.970. The van der Waals surface area contributed by atoms with Crippen LogP contribution in [0.3, 0.4) is 0 Å². The van der Waals surface area contributed by atoms with Crippen LogP contribution in [-0.4, -0.2) is 11.1 Å². The topological polar surface area (TPSA) is 37.3 Å². The molecule has 0 aliphatic heterocycles. The van der Waals surface area contributed by atoms with E-state index in [0.717, 1.165) is 0 Å². The SMILES string of the molecule is Cc1c(Br)cccc1C(F)(F)CC(=O)O. The molecule has 1 rings (SSSR count). The van der Waals surface area contributed by atoms with Crippen molar-refractivity contribution in [2.75, 3.05) is 0 Å². The molecule has 5 heteroatoms. The van der Waals surface area contributed by atoms with Gasteiger partial charge in [-0.25, -0.2) is 8.78 Å². The summed E-state index contributed by atoms with van der Waals surface area (Å²) in [6, 6.07) is 4.33. The van der Waals surface area contributed by atoms with Crippen LogP contribution >= 0.6 is 15.9 Å². The third-order valence-electron chi connectivity index (χ3n) is 2.03. The zero-order valence-corrected chi connectivity index (χ0v) is 9.51. The lowest BCUT2D eigenvalue weighted by atomic mass is 10.0. The summed E-state index contributed by atoms with van der Waals surface area (Å²) in [6.45, 7) is 1.52. The molecule has 0 unspecified atom stereocenters. The third kappa shape index (κ3) is 2.75. The first-order chi connectivity index (χ1) is 6.84. The molecule has 0 fully saturated rings. The molecule has 0 spiro atoms. The summed E-state index contributed by atoms with van der Waals surface area (Å²) < 4.78 is 27.4. The van der Waals surface area contributed by atoms with Gasteiger partial charge in [0.2, 0.25) is 0 Å². The van der Waals surface area contributed by atoms with E-state index in [-0.39, 0.29) is 5.56 Å². The molecule has 2 nitrogen and oxygen atoms in total. The fourth-order valence-corrected chi connectivity index (χ4v) is 1.66. The van der Waals surface area contributed by atoms with Gasteiger partial charge >= 0.3 is 5.97 Å². The number of carboxylic acid groups (broad SMARTS) is 1. The average Bonchev–Trinajstić information content (AvgIpc) is 2.07. The highest BCUT2D eigenvalue weighted by atomic mass is 79.9. The number of alkyl halides is 2. The first-order valence-corrected chi connectivity index (χ1v) is 4.99. The highest BCUT2D eigenvalue weighted by molar-refractivity contribution is 9.10. The molecule has 15 heavy (non-hydrogen) atoms. The standard InChI is InChI=1S/C10H9BrF2O2/c1-6-7(3-2-4-8(6)11)10(12,13)5-9(14)15/h2-4H,5H2,1H3,(H,14,15). The maximum absolute atomic E-state index is 13.4. The molecule has 0 aromatic heterocycles. The van der Waals surface area contributed by atoms with Gasteiger partial charge in [-0.1, -0.05) is 28.1 Å². The number of hydrogen-bond donors (Lipinski definition) is 1. The molecule has 0 amide bonds. The summed E-state index contributed by atoms with van der Waals surface area (Å²) in [7, 11) is 0. The van der Waals surface area contributed by atoms with Gasteiger partial charge < -0.3 is 5.11 Å². The summed E-state index contributed by atoms with van der Waals surface area (Å²) >= 11 is 3.12. The lowest BCUT2D eigenvalue weighted by Crippen LogP contribution is -2.19. The van der Waals surface area contributed by atoms with E-state index in [2.05, 4.69) is 15.9 Å². The minimum atomic E-state index is -3.33. The van der Waals surface area contributed by atoms with Crippen molar-refractivity contribution in [3.8, 4) is 0 Å². The number of aliphatic carboxylic acids is 1. The molecule has 1 aromatic rings. The van der Waals surface area contributed by atoms with Crippen molar-refractivity contribution < 1.29 is 18.7 Å². The number of carboxylic acids is 1. The van der Waals surface area contributed by atoms with Crippen LogP contribution in [0.15, 0.2) is 22.7 Å². The molecule has 0 heterocycles. The zero-order valence-electron chi connectivity index (χ0n) is 7.93. The van der Waals surface area contributed by atoms with Crippen LogP contribution in [0.25, 0.3) is 0 Å². The maximum Gasteiger partial charge on any atom is 0.309 e. The van der Waals surface area contributed by atoms with Gasteiger partial charge in [-0.2, -0.15) is 0 Å². The Morgan fingerprint density at radius 3 is 2.67 bits per heavy atom. The zero-order chi connectivity index (χ0) is 11.6. The van der Waals surface area contributed by atoms with E-state index in [1.807, 2.05) is 0 Å². The Kier molecular flexibility index (Phi) is 3.44. The maximum atomic E-state index is 13.4. The minimum Gasteiger partial charge on any atom is -0.481 e. The molecule has 1 N–H and O–H groups in total. The number of rotatable bonds is 3. The predicted molar refractivity (Wildman–Crippen MR) is 55.0 cm³/mol.